The van der Waals surface area contributed by atoms with Crippen LogP contribution in [0.25, 0.3) is 0 Å². The molecule has 0 aliphatic rings. The van der Waals surface area contributed by atoms with Gasteiger partial charge in [-0.2, -0.15) is 0 Å². The van der Waals surface area contributed by atoms with Crippen molar-refractivity contribution in [2.75, 3.05) is 0 Å². The molecule has 0 aromatic carbocycles. The summed E-state index contributed by atoms with van der Waals surface area (Å²) in [6, 6.07) is 0. The van der Waals surface area contributed by atoms with Crippen LogP contribution in [0, 0.1) is 0 Å². The van der Waals surface area contributed by atoms with Gasteiger partial charge in [-0.1, -0.05) is 367 Å². The summed E-state index contributed by atoms with van der Waals surface area (Å²) in [6.07, 6.45) is 77.2. The van der Waals surface area contributed by atoms with Crippen molar-refractivity contribution < 1.29 is 52.1 Å². The van der Waals surface area contributed by atoms with E-state index in [4.69, 9.17) is 0 Å². The molecule has 0 radical (unpaired) electrons. The molecule has 8 heteroatoms. The van der Waals surface area contributed by atoms with Crippen LogP contribution in [0.3, 0.4) is 0 Å². The minimum Gasteiger partial charge on any atom is -0.550 e. The SMILES string of the molecule is CCCCCCCCCCCCCCCCCCCCCC(=O)[O-].CCCCCCCCCCCCCCCCCCCCCC(=O)[O-].CCCCCCCCCCCCCCCCCCCCCC(=O)[O-].[Ag+].[Ca+2]. The van der Waals surface area contributed by atoms with Gasteiger partial charge in [0.15, 0.2) is 0 Å². The smallest absolute Gasteiger partial charge is 0.550 e. The fourth-order valence-electron chi connectivity index (χ4n) is 10.0. The third-order valence-electron chi connectivity index (χ3n) is 15.0. The summed E-state index contributed by atoms with van der Waals surface area (Å²) < 4.78 is 0. The number of rotatable bonds is 60. The second kappa shape index (κ2) is 79.9. The predicted octanol–water partition coefficient (Wildman–Crippen LogP) is 19.3. The molecule has 0 N–H and O–H groups in total. The van der Waals surface area contributed by atoms with Gasteiger partial charge in [0.2, 0.25) is 0 Å². The molecule has 0 aliphatic carbocycles. The van der Waals surface area contributed by atoms with E-state index >= 15 is 0 Å². The Morgan fingerprint density at radius 3 is 0.351 bits per heavy atom. The zero-order chi connectivity index (χ0) is 53.2. The Morgan fingerprint density at radius 1 is 0.189 bits per heavy atom. The van der Waals surface area contributed by atoms with Crippen LogP contribution in [0.4, 0.5) is 0 Å². The number of unbranched alkanes of at least 4 members (excludes halogenated alkanes) is 54. The summed E-state index contributed by atoms with van der Waals surface area (Å²) in [4.78, 5) is 30.8. The van der Waals surface area contributed by atoms with Crippen LogP contribution >= 0.6 is 0 Å². The summed E-state index contributed by atoms with van der Waals surface area (Å²) in [5, 5.41) is 30.8. The van der Waals surface area contributed by atoms with E-state index in [0.29, 0.717) is 0 Å². The van der Waals surface area contributed by atoms with Gasteiger partial charge in [-0.05, 0) is 38.5 Å². The molecule has 0 aromatic heterocycles. The molecule has 0 unspecified atom stereocenters. The summed E-state index contributed by atoms with van der Waals surface area (Å²) in [6.45, 7) is 6.84. The number of carbonyl (C=O) groups excluding carboxylic acids is 3. The summed E-state index contributed by atoms with van der Waals surface area (Å²) >= 11 is 0. The first-order valence-corrected chi connectivity index (χ1v) is 32.9. The van der Waals surface area contributed by atoms with E-state index in [1.165, 1.54) is 327 Å². The van der Waals surface area contributed by atoms with Gasteiger partial charge in [0.25, 0.3) is 0 Å². The maximum atomic E-state index is 10.3. The number of carboxylic acids is 3. The minimum atomic E-state index is -0.901. The molecule has 74 heavy (non-hydrogen) atoms. The van der Waals surface area contributed by atoms with Gasteiger partial charge in [-0.25, -0.2) is 0 Å². The molecule has 0 bridgehead atoms. The maximum absolute atomic E-state index is 10.3. The second-order valence-electron chi connectivity index (χ2n) is 22.5. The molecule has 0 heterocycles. The number of hydrogen-bond acceptors (Lipinski definition) is 6. The molecule has 0 atom stereocenters. The van der Waals surface area contributed by atoms with Crippen molar-refractivity contribution in [1.29, 1.82) is 0 Å². The Kier molecular flexibility index (Phi) is 89.9. The minimum absolute atomic E-state index is 0. The molecule has 0 rings (SSSR count). The Labute approximate surface area is 509 Å². The first-order valence-electron chi connectivity index (χ1n) is 32.9. The topological polar surface area (TPSA) is 120 Å². The molecule has 0 aliphatic heterocycles. The van der Waals surface area contributed by atoms with E-state index in [9.17, 15) is 29.7 Å². The molecule has 442 valence electrons. The quantitative estimate of drug-likeness (QED) is 0.0442. The van der Waals surface area contributed by atoms with E-state index in [1.54, 1.807) is 0 Å². The van der Waals surface area contributed by atoms with Gasteiger partial charge in [-0.15, -0.1) is 0 Å². The molecular formula is C66H129AgCaO6. The van der Waals surface area contributed by atoms with Crippen LogP contribution in [0.5, 0.6) is 0 Å². The van der Waals surface area contributed by atoms with Gasteiger partial charge in [0.1, 0.15) is 0 Å². The second-order valence-corrected chi connectivity index (χ2v) is 22.5. The fraction of sp³-hybridized carbons (Fsp3) is 0.955. The van der Waals surface area contributed by atoms with E-state index in [2.05, 4.69) is 20.8 Å². The van der Waals surface area contributed by atoms with Crippen molar-refractivity contribution >= 4 is 55.6 Å². The Balaban J connectivity index is -0.000000317. The fourth-order valence-corrected chi connectivity index (χ4v) is 10.0. The zero-order valence-electron chi connectivity index (χ0n) is 50.4. The molecule has 0 saturated carbocycles. The third kappa shape index (κ3) is 91.8. The Morgan fingerprint density at radius 2 is 0.270 bits per heavy atom. The van der Waals surface area contributed by atoms with E-state index in [0.717, 1.165) is 38.5 Å². The number of carboxylic acid groups (broad SMARTS) is 3. The van der Waals surface area contributed by atoms with Gasteiger partial charge in [0.05, 0.1) is 0 Å². The van der Waals surface area contributed by atoms with Crippen LogP contribution in [0.2, 0.25) is 0 Å². The van der Waals surface area contributed by atoms with Crippen molar-refractivity contribution in [3.05, 3.63) is 0 Å². The average Bonchev–Trinajstić information content (AvgIpc) is 3.36. The summed E-state index contributed by atoms with van der Waals surface area (Å²) in [5.74, 6) is -2.70. The van der Waals surface area contributed by atoms with Crippen LogP contribution in [0.1, 0.15) is 406 Å². The van der Waals surface area contributed by atoms with Gasteiger partial charge in [-0.3, -0.25) is 0 Å². The number of aliphatic carboxylic acids is 3. The Bertz CT molecular complexity index is 890. The normalized spacial score (nSPS) is 10.7. The standard InChI is InChI=1S/3C22H44O2.Ag.Ca/c3*1-2-3-4-5-6-7-8-9-10-11-12-13-14-15-16-17-18-19-20-21-22(23)24;;/h3*2-21H2,1H3,(H,23,24);;/q;;;+1;+2/p-3. The van der Waals surface area contributed by atoms with Crippen molar-refractivity contribution in [2.24, 2.45) is 0 Å². The van der Waals surface area contributed by atoms with Crippen LogP contribution < -0.4 is 15.3 Å². The largest absolute Gasteiger partial charge is 2.00 e. The molecular weight excluding hydrogens is 1040 g/mol. The summed E-state index contributed by atoms with van der Waals surface area (Å²) in [5.41, 5.74) is 0. The van der Waals surface area contributed by atoms with E-state index in [1.807, 2.05) is 0 Å². The molecule has 0 amide bonds. The predicted molar refractivity (Wildman–Crippen MR) is 315 cm³/mol. The molecule has 0 fully saturated rings. The van der Waals surface area contributed by atoms with Crippen molar-refractivity contribution in [3.63, 3.8) is 0 Å². The maximum Gasteiger partial charge on any atom is 2.00 e. The van der Waals surface area contributed by atoms with Crippen molar-refractivity contribution in [1.82, 2.24) is 0 Å². The van der Waals surface area contributed by atoms with Crippen molar-refractivity contribution in [2.45, 2.75) is 406 Å². The Hall–Kier alpha value is 0.410. The summed E-state index contributed by atoms with van der Waals surface area (Å²) in [7, 11) is 0. The van der Waals surface area contributed by atoms with E-state index in [-0.39, 0.29) is 79.4 Å². The molecule has 0 saturated heterocycles. The van der Waals surface area contributed by atoms with Gasteiger partial charge < -0.3 is 29.7 Å². The average molecular weight is 1170 g/mol. The van der Waals surface area contributed by atoms with Crippen LogP contribution in [-0.4, -0.2) is 55.6 Å². The van der Waals surface area contributed by atoms with Crippen LogP contribution in [0.15, 0.2) is 0 Å². The zero-order valence-corrected chi connectivity index (χ0v) is 54.1. The van der Waals surface area contributed by atoms with E-state index < -0.39 is 17.9 Å². The number of hydrogen-bond donors (Lipinski definition) is 0. The first-order chi connectivity index (χ1) is 35.3. The van der Waals surface area contributed by atoms with Gasteiger partial charge >= 0.3 is 60.1 Å². The molecule has 0 aromatic rings. The first kappa shape index (κ1) is 83.2. The monoisotopic (exact) mass is 1160 g/mol. The third-order valence-corrected chi connectivity index (χ3v) is 15.0. The molecule has 0 spiro atoms. The number of carbonyl (C=O) groups is 3. The van der Waals surface area contributed by atoms with Crippen molar-refractivity contribution in [3.8, 4) is 0 Å². The van der Waals surface area contributed by atoms with Crippen LogP contribution in [-0.2, 0) is 36.8 Å². The molecule has 6 nitrogen and oxygen atoms in total. The van der Waals surface area contributed by atoms with Gasteiger partial charge in [0, 0.05) is 17.9 Å².